The molecule has 0 saturated carbocycles. The van der Waals surface area contributed by atoms with Crippen molar-refractivity contribution in [2.45, 2.75) is 19.8 Å². The van der Waals surface area contributed by atoms with Crippen molar-refractivity contribution in [3.05, 3.63) is 22.7 Å². The van der Waals surface area contributed by atoms with E-state index in [0.717, 1.165) is 17.8 Å². The molecule has 0 aliphatic carbocycles. The molecule has 1 aromatic rings. The second-order valence-electron chi connectivity index (χ2n) is 2.41. The maximum absolute atomic E-state index is 8.72. The summed E-state index contributed by atoms with van der Waals surface area (Å²) in [4.78, 5) is 8.19. The monoisotopic (exact) mass is 186 g/mol. The van der Waals surface area contributed by atoms with E-state index >= 15 is 0 Å². The Morgan fingerprint density at radius 3 is 2.83 bits per heavy atom. The summed E-state index contributed by atoms with van der Waals surface area (Å²) in [6.45, 7) is 2.08. The maximum atomic E-state index is 8.72. The molecule has 0 aliphatic rings. The van der Waals surface area contributed by atoms with Crippen LogP contribution in [-0.2, 0) is 12.8 Å². The number of rotatable bonds is 3. The summed E-state index contributed by atoms with van der Waals surface area (Å²) >= 11 is 5.65. The van der Waals surface area contributed by atoms with E-state index in [2.05, 4.69) is 9.97 Å². The van der Waals surface area contributed by atoms with Gasteiger partial charge >= 0.3 is 0 Å². The topological polar surface area (TPSA) is 46.0 Å². The Labute approximate surface area is 76.4 Å². The van der Waals surface area contributed by atoms with E-state index in [1.54, 1.807) is 0 Å². The van der Waals surface area contributed by atoms with Crippen LogP contribution in [0.25, 0.3) is 0 Å². The van der Waals surface area contributed by atoms with Crippen molar-refractivity contribution in [1.29, 1.82) is 0 Å². The quantitative estimate of drug-likeness (QED) is 0.773. The average molecular weight is 187 g/mol. The van der Waals surface area contributed by atoms with Gasteiger partial charge in [-0.05, 0) is 6.42 Å². The first-order valence-electron chi connectivity index (χ1n) is 3.89. The van der Waals surface area contributed by atoms with Gasteiger partial charge in [-0.25, -0.2) is 4.98 Å². The molecule has 0 spiro atoms. The van der Waals surface area contributed by atoms with Gasteiger partial charge in [0, 0.05) is 13.0 Å². The first-order chi connectivity index (χ1) is 5.77. The van der Waals surface area contributed by atoms with Crippen molar-refractivity contribution in [3.63, 3.8) is 0 Å². The zero-order valence-electron chi connectivity index (χ0n) is 6.92. The van der Waals surface area contributed by atoms with Gasteiger partial charge in [0.2, 0.25) is 0 Å². The molecular weight excluding hydrogens is 176 g/mol. The lowest BCUT2D eigenvalue weighted by atomic mass is 10.2. The highest BCUT2D eigenvalue weighted by Gasteiger charge is 2.03. The predicted octanol–water partition coefficient (Wildman–Crippen LogP) is 1.23. The van der Waals surface area contributed by atoms with Crippen molar-refractivity contribution in [2.75, 3.05) is 6.61 Å². The van der Waals surface area contributed by atoms with Crippen LogP contribution < -0.4 is 0 Å². The third-order valence-corrected chi connectivity index (χ3v) is 1.77. The molecular formula is C8H11ClN2O. The van der Waals surface area contributed by atoms with E-state index in [1.165, 1.54) is 6.20 Å². The van der Waals surface area contributed by atoms with Crippen LogP contribution in [-0.4, -0.2) is 21.7 Å². The lowest BCUT2D eigenvalue weighted by molar-refractivity contribution is 0.297. The predicted molar refractivity (Wildman–Crippen MR) is 47.2 cm³/mol. The number of halogens is 1. The van der Waals surface area contributed by atoms with Crippen LogP contribution in [0.5, 0.6) is 0 Å². The van der Waals surface area contributed by atoms with E-state index in [1.807, 2.05) is 6.92 Å². The summed E-state index contributed by atoms with van der Waals surface area (Å²) < 4.78 is 0. The molecule has 0 aliphatic heterocycles. The third kappa shape index (κ3) is 2.16. The molecule has 12 heavy (non-hydrogen) atoms. The van der Waals surface area contributed by atoms with Gasteiger partial charge in [-0.3, -0.25) is 4.98 Å². The molecule has 1 rings (SSSR count). The van der Waals surface area contributed by atoms with Gasteiger partial charge in [0.25, 0.3) is 0 Å². The molecule has 0 amide bonds. The molecule has 1 heterocycles. The van der Waals surface area contributed by atoms with Gasteiger partial charge in [0.1, 0.15) is 5.15 Å². The Bertz CT molecular complexity index is 265. The largest absolute Gasteiger partial charge is 0.396 e. The molecule has 0 radical (unpaired) electrons. The van der Waals surface area contributed by atoms with Gasteiger partial charge in [-0.1, -0.05) is 18.5 Å². The average Bonchev–Trinajstić information content (AvgIpc) is 2.05. The van der Waals surface area contributed by atoms with Gasteiger partial charge in [-0.15, -0.1) is 0 Å². The van der Waals surface area contributed by atoms with Crippen molar-refractivity contribution in [3.8, 4) is 0 Å². The lowest BCUT2D eigenvalue weighted by Gasteiger charge is -2.03. The molecule has 66 valence electrons. The summed E-state index contributed by atoms with van der Waals surface area (Å²) in [5.41, 5.74) is 1.71. The molecule has 0 fully saturated rings. The Kier molecular flexibility index (Phi) is 3.44. The van der Waals surface area contributed by atoms with E-state index < -0.39 is 0 Å². The Balaban J connectivity index is 2.95. The minimum atomic E-state index is 0.0853. The highest BCUT2D eigenvalue weighted by molar-refractivity contribution is 6.29. The van der Waals surface area contributed by atoms with Crippen LogP contribution in [0.2, 0.25) is 5.15 Å². The summed E-state index contributed by atoms with van der Waals surface area (Å²) in [6, 6.07) is 0. The zero-order chi connectivity index (χ0) is 8.97. The maximum Gasteiger partial charge on any atom is 0.147 e. The van der Waals surface area contributed by atoms with Crippen LogP contribution >= 0.6 is 11.6 Å². The Hall–Kier alpha value is -0.670. The Morgan fingerprint density at radius 1 is 1.50 bits per heavy atom. The minimum absolute atomic E-state index is 0.0853. The fraction of sp³-hybridized carbons (Fsp3) is 0.500. The zero-order valence-corrected chi connectivity index (χ0v) is 7.67. The Morgan fingerprint density at radius 2 is 2.25 bits per heavy atom. The van der Waals surface area contributed by atoms with Crippen LogP contribution in [0, 0.1) is 0 Å². The molecule has 0 atom stereocenters. The summed E-state index contributed by atoms with van der Waals surface area (Å²) in [5, 5.41) is 9.10. The van der Waals surface area contributed by atoms with Crippen molar-refractivity contribution >= 4 is 11.6 Å². The van der Waals surface area contributed by atoms with Crippen molar-refractivity contribution in [1.82, 2.24) is 9.97 Å². The van der Waals surface area contributed by atoms with Crippen molar-refractivity contribution < 1.29 is 5.11 Å². The number of aliphatic hydroxyl groups is 1. The van der Waals surface area contributed by atoms with E-state index in [0.29, 0.717) is 11.6 Å². The van der Waals surface area contributed by atoms with Crippen LogP contribution in [0.1, 0.15) is 18.3 Å². The number of aromatic nitrogens is 2. The first-order valence-corrected chi connectivity index (χ1v) is 4.27. The number of nitrogens with zero attached hydrogens (tertiary/aromatic N) is 2. The van der Waals surface area contributed by atoms with Crippen LogP contribution in [0.3, 0.4) is 0 Å². The van der Waals surface area contributed by atoms with E-state index in [-0.39, 0.29) is 6.61 Å². The first kappa shape index (κ1) is 9.42. The second kappa shape index (κ2) is 4.38. The summed E-state index contributed by atoms with van der Waals surface area (Å²) in [5.74, 6) is 0. The highest BCUT2D eigenvalue weighted by atomic mass is 35.5. The van der Waals surface area contributed by atoms with Gasteiger partial charge in [-0.2, -0.15) is 0 Å². The van der Waals surface area contributed by atoms with Crippen LogP contribution in [0.4, 0.5) is 0 Å². The second-order valence-corrected chi connectivity index (χ2v) is 2.80. The van der Waals surface area contributed by atoms with Gasteiger partial charge in [0.15, 0.2) is 0 Å². The summed E-state index contributed by atoms with van der Waals surface area (Å²) in [6.07, 6.45) is 2.87. The molecule has 0 bridgehead atoms. The third-order valence-electron chi connectivity index (χ3n) is 1.59. The van der Waals surface area contributed by atoms with E-state index in [4.69, 9.17) is 16.7 Å². The number of aryl methyl sites for hydroxylation is 1. The number of hydrogen-bond acceptors (Lipinski definition) is 3. The normalized spacial score (nSPS) is 10.2. The smallest absolute Gasteiger partial charge is 0.147 e. The van der Waals surface area contributed by atoms with Gasteiger partial charge in [0.05, 0.1) is 17.6 Å². The SMILES string of the molecule is CCc1ncc(Cl)nc1CCO. The molecule has 0 unspecified atom stereocenters. The molecule has 0 aromatic carbocycles. The lowest BCUT2D eigenvalue weighted by Crippen LogP contribution is -2.02. The summed E-state index contributed by atoms with van der Waals surface area (Å²) in [7, 11) is 0. The number of aliphatic hydroxyl groups excluding tert-OH is 1. The number of hydrogen-bond donors (Lipinski definition) is 1. The molecule has 0 saturated heterocycles. The van der Waals surface area contributed by atoms with Crippen molar-refractivity contribution in [2.24, 2.45) is 0 Å². The van der Waals surface area contributed by atoms with Crippen LogP contribution in [0.15, 0.2) is 6.20 Å². The minimum Gasteiger partial charge on any atom is -0.396 e. The molecule has 1 aromatic heterocycles. The highest BCUT2D eigenvalue weighted by Crippen LogP contribution is 2.09. The van der Waals surface area contributed by atoms with Gasteiger partial charge < -0.3 is 5.11 Å². The molecule has 3 nitrogen and oxygen atoms in total. The fourth-order valence-corrected chi connectivity index (χ4v) is 1.18. The van der Waals surface area contributed by atoms with E-state index in [9.17, 15) is 0 Å². The molecule has 1 N–H and O–H groups in total. The fourth-order valence-electron chi connectivity index (χ4n) is 1.03. The standard InChI is InChI=1S/C8H11ClN2O/c1-2-6-7(3-4-12)11-8(9)5-10-6/h5,12H,2-4H2,1H3. The molecule has 4 heteroatoms.